The SMILES string of the molecule is CCC(NC(=S)Nc1cccc(N2CCCC2=O)c1)c1ccc(C)c(C)c1. The lowest BCUT2D eigenvalue weighted by Gasteiger charge is -2.22. The maximum Gasteiger partial charge on any atom is 0.227 e. The Bertz CT molecular complexity index is 849. The van der Waals surface area contributed by atoms with Crippen LogP contribution in [0.25, 0.3) is 0 Å². The summed E-state index contributed by atoms with van der Waals surface area (Å²) in [5, 5.41) is 7.27. The highest BCUT2D eigenvalue weighted by Gasteiger charge is 2.21. The minimum Gasteiger partial charge on any atom is -0.356 e. The zero-order valence-electron chi connectivity index (χ0n) is 16.2. The van der Waals surface area contributed by atoms with Gasteiger partial charge in [0.05, 0.1) is 6.04 Å². The highest BCUT2D eigenvalue weighted by Crippen LogP contribution is 2.25. The van der Waals surface area contributed by atoms with Crippen LogP contribution < -0.4 is 15.5 Å². The van der Waals surface area contributed by atoms with Gasteiger partial charge >= 0.3 is 0 Å². The zero-order chi connectivity index (χ0) is 19.4. The fourth-order valence-corrected chi connectivity index (χ4v) is 3.66. The number of thiocarbonyl (C=S) groups is 1. The van der Waals surface area contributed by atoms with E-state index in [1.807, 2.05) is 29.2 Å². The van der Waals surface area contributed by atoms with Crippen LogP contribution in [0.5, 0.6) is 0 Å². The fraction of sp³-hybridized carbons (Fsp3) is 0.364. The number of carbonyl (C=O) groups excluding carboxylic acids is 1. The largest absolute Gasteiger partial charge is 0.356 e. The first kappa shape index (κ1) is 19.4. The summed E-state index contributed by atoms with van der Waals surface area (Å²) in [5.74, 6) is 0.189. The topological polar surface area (TPSA) is 44.4 Å². The van der Waals surface area contributed by atoms with E-state index in [-0.39, 0.29) is 11.9 Å². The van der Waals surface area contributed by atoms with Crippen molar-refractivity contribution in [2.75, 3.05) is 16.8 Å². The van der Waals surface area contributed by atoms with E-state index in [9.17, 15) is 4.79 Å². The van der Waals surface area contributed by atoms with Gasteiger partial charge in [0, 0.05) is 24.3 Å². The maximum absolute atomic E-state index is 12.0. The van der Waals surface area contributed by atoms with Gasteiger partial charge in [-0.1, -0.05) is 31.2 Å². The molecule has 2 aromatic rings. The summed E-state index contributed by atoms with van der Waals surface area (Å²) in [4.78, 5) is 13.8. The van der Waals surface area contributed by atoms with Gasteiger partial charge in [-0.05, 0) is 73.8 Å². The fourth-order valence-electron chi connectivity index (χ4n) is 3.40. The number of nitrogens with one attached hydrogen (secondary N) is 2. The number of hydrogen-bond acceptors (Lipinski definition) is 2. The Kier molecular flexibility index (Phi) is 6.11. The molecule has 1 aliphatic heterocycles. The molecule has 1 atom stereocenters. The number of carbonyl (C=O) groups is 1. The van der Waals surface area contributed by atoms with Crippen LogP contribution in [0.15, 0.2) is 42.5 Å². The molecule has 1 heterocycles. The quantitative estimate of drug-likeness (QED) is 0.726. The first-order valence-corrected chi connectivity index (χ1v) is 9.94. The first-order valence-electron chi connectivity index (χ1n) is 9.53. The lowest BCUT2D eigenvalue weighted by Crippen LogP contribution is -2.32. The number of hydrogen-bond donors (Lipinski definition) is 2. The predicted molar refractivity (Wildman–Crippen MR) is 116 cm³/mol. The number of anilines is 2. The van der Waals surface area contributed by atoms with Gasteiger partial charge in [0.15, 0.2) is 5.11 Å². The average Bonchev–Trinajstić information content (AvgIpc) is 3.08. The van der Waals surface area contributed by atoms with Crippen molar-refractivity contribution in [2.45, 2.75) is 46.1 Å². The number of rotatable bonds is 5. The summed E-state index contributed by atoms with van der Waals surface area (Å²) in [5.41, 5.74) is 5.63. The van der Waals surface area contributed by atoms with Crippen molar-refractivity contribution in [2.24, 2.45) is 0 Å². The second-order valence-electron chi connectivity index (χ2n) is 7.10. The minimum absolute atomic E-state index is 0.160. The van der Waals surface area contributed by atoms with Crippen LogP contribution in [-0.2, 0) is 4.79 Å². The molecule has 1 fully saturated rings. The van der Waals surface area contributed by atoms with Crippen LogP contribution in [0, 0.1) is 13.8 Å². The molecule has 1 aliphatic rings. The summed E-state index contributed by atoms with van der Waals surface area (Å²) < 4.78 is 0. The van der Waals surface area contributed by atoms with E-state index in [1.54, 1.807) is 0 Å². The molecule has 3 rings (SSSR count). The summed E-state index contributed by atoms with van der Waals surface area (Å²) in [6.07, 6.45) is 2.49. The highest BCUT2D eigenvalue weighted by atomic mass is 32.1. The second-order valence-corrected chi connectivity index (χ2v) is 7.51. The smallest absolute Gasteiger partial charge is 0.227 e. The molecule has 142 valence electrons. The summed E-state index contributed by atoms with van der Waals surface area (Å²) >= 11 is 5.54. The van der Waals surface area contributed by atoms with Crippen molar-refractivity contribution in [1.82, 2.24) is 5.32 Å². The number of amides is 1. The number of aryl methyl sites for hydroxylation is 2. The van der Waals surface area contributed by atoms with Crippen molar-refractivity contribution in [3.05, 3.63) is 59.2 Å². The molecule has 5 heteroatoms. The maximum atomic E-state index is 12.0. The van der Waals surface area contributed by atoms with Gasteiger partial charge in [-0.25, -0.2) is 0 Å². The zero-order valence-corrected chi connectivity index (χ0v) is 17.0. The van der Waals surface area contributed by atoms with Gasteiger partial charge in [-0.2, -0.15) is 0 Å². The van der Waals surface area contributed by atoms with Crippen molar-refractivity contribution in [3.63, 3.8) is 0 Å². The van der Waals surface area contributed by atoms with Crippen LogP contribution in [0.3, 0.4) is 0 Å². The van der Waals surface area contributed by atoms with Gasteiger partial charge in [0.25, 0.3) is 0 Å². The molecule has 2 aromatic carbocycles. The highest BCUT2D eigenvalue weighted by molar-refractivity contribution is 7.80. The molecule has 0 bridgehead atoms. The lowest BCUT2D eigenvalue weighted by atomic mass is 9.99. The van der Waals surface area contributed by atoms with Gasteiger partial charge in [0.2, 0.25) is 5.91 Å². The van der Waals surface area contributed by atoms with Crippen LogP contribution in [0.1, 0.15) is 48.9 Å². The van der Waals surface area contributed by atoms with Crippen LogP contribution >= 0.6 is 12.2 Å². The van der Waals surface area contributed by atoms with E-state index in [4.69, 9.17) is 12.2 Å². The Morgan fingerprint density at radius 2 is 2.00 bits per heavy atom. The predicted octanol–water partition coefficient (Wildman–Crippen LogP) is 4.87. The van der Waals surface area contributed by atoms with Gasteiger partial charge in [-0.3, -0.25) is 4.79 Å². The Hall–Kier alpha value is -2.40. The van der Waals surface area contributed by atoms with E-state index >= 15 is 0 Å². The Morgan fingerprint density at radius 3 is 2.67 bits per heavy atom. The number of nitrogens with zero attached hydrogens (tertiary/aromatic N) is 1. The Morgan fingerprint density at radius 1 is 1.19 bits per heavy atom. The van der Waals surface area contributed by atoms with E-state index in [1.165, 1.54) is 16.7 Å². The van der Waals surface area contributed by atoms with E-state index in [0.29, 0.717) is 11.5 Å². The molecule has 4 nitrogen and oxygen atoms in total. The molecule has 0 aliphatic carbocycles. The molecule has 0 radical (unpaired) electrons. The molecular weight excluding hydrogens is 354 g/mol. The monoisotopic (exact) mass is 381 g/mol. The minimum atomic E-state index is 0.160. The third-order valence-electron chi connectivity index (χ3n) is 5.14. The molecule has 1 amide bonds. The molecule has 0 spiro atoms. The molecule has 2 N–H and O–H groups in total. The normalized spacial score (nSPS) is 14.9. The summed E-state index contributed by atoms with van der Waals surface area (Å²) in [6, 6.07) is 14.6. The summed E-state index contributed by atoms with van der Waals surface area (Å²) in [7, 11) is 0. The van der Waals surface area contributed by atoms with Crippen LogP contribution in [0.2, 0.25) is 0 Å². The van der Waals surface area contributed by atoms with Crippen molar-refractivity contribution < 1.29 is 4.79 Å². The third kappa shape index (κ3) is 4.66. The molecule has 0 saturated carbocycles. The second kappa shape index (κ2) is 8.53. The molecule has 27 heavy (non-hydrogen) atoms. The van der Waals surface area contributed by atoms with Gasteiger partial charge < -0.3 is 15.5 Å². The molecule has 1 unspecified atom stereocenters. The van der Waals surface area contributed by atoms with Crippen molar-refractivity contribution in [1.29, 1.82) is 0 Å². The molecular formula is C22H27N3OS. The van der Waals surface area contributed by atoms with E-state index in [2.05, 4.69) is 49.6 Å². The Balaban J connectivity index is 1.67. The number of benzene rings is 2. The van der Waals surface area contributed by atoms with E-state index in [0.717, 1.165) is 30.8 Å². The van der Waals surface area contributed by atoms with E-state index < -0.39 is 0 Å². The van der Waals surface area contributed by atoms with Gasteiger partial charge in [0.1, 0.15) is 0 Å². The summed E-state index contributed by atoms with van der Waals surface area (Å²) in [6.45, 7) is 7.19. The first-order chi connectivity index (χ1) is 13.0. The lowest BCUT2D eigenvalue weighted by molar-refractivity contribution is -0.117. The van der Waals surface area contributed by atoms with Crippen LogP contribution in [0.4, 0.5) is 11.4 Å². The van der Waals surface area contributed by atoms with Crippen molar-refractivity contribution in [3.8, 4) is 0 Å². The average molecular weight is 382 g/mol. The standard InChI is InChI=1S/C22H27N3OS/c1-4-20(17-11-10-15(2)16(3)13-17)24-22(27)23-18-7-5-8-19(14-18)25-12-6-9-21(25)26/h5,7-8,10-11,13-14,20H,4,6,9,12H2,1-3H3,(H2,23,24,27). The van der Waals surface area contributed by atoms with Crippen molar-refractivity contribution >= 4 is 34.6 Å². The molecule has 1 saturated heterocycles. The van der Waals surface area contributed by atoms with Gasteiger partial charge in [-0.15, -0.1) is 0 Å². The Labute approximate surface area is 167 Å². The van der Waals surface area contributed by atoms with Crippen LogP contribution in [-0.4, -0.2) is 17.6 Å². The molecule has 0 aromatic heterocycles. The third-order valence-corrected chi connectivity index (χ3v) is 5.36.